The highest BCUT2D eigenvalue weighted by Crippen LogP contribution is 2.35. The van der Waals surface area contributed by atoms with Gasteiger partial charge in [0.15, 0.2) is 0 Å². The summed E-state index contributed by atoms with van der Waals surface area (Å²) in [6, 6.07) is 0. The molecule has 2 aliphatic rings. The van der Waals surface area contributed by atoms with Crippen molar-refractivity contribution in [1.82, 2.24) is 10.6 Å². The topological polar surface area (TPSA) is 41.1 Å². The number of carbonyl (C=O) groups excluding carboxylic acids is 1. The third-order valence-corrected chi connectivity index (χ3v) is 2.68. The number of carbonyl (C=O) groups is 1. The quantitative estimate of drug-likeness (QED) is 0.615. The van der Waals surface area contributed by atoms with E-state index < -0.39 is 0 Å². The first-order valence-corrected chi connectivity index (χ1v) is 4.84. The molecule has 1 saturated heterocycles. The molecule has 1 atom stereocenters. The van der Waals surface area contributed by atoms with Crippen LogP contribution in [-0.2, 0) is 4.79 Å². The van der Waals surface area contributed by atoms with Gasteiger partial charge in [-0.1, -0.05) is 12.8 Å². The number of amides is 1. The van der Waals surface area contributed by atoms with Crippen molar-refractivity contribution >= 4 is 5.91 Å². The van der Waals surface area contributed by atoms with E-state index in [2.05, 4.69) is 10.6 Å². The van der Waals surface area contributed by atoms with Gasteiger partial charge >= 0.3 is 0 Å². The fraction of sp³-hybridized carbons (Fsp3) is 0.889. The second-order valence-corrected chi connectivity index (χ2v) is 3.87. The van der Waals surface area contributed by atoms with E-state index >= 15 is 0 Å². The van der Waals surface area contributed by atoms with Crippen molar-refractivity contribution in [3.8, 4) is 0 Å². The molecule has 0 aromatic rings. The molecule has 0 radical (unpaired) electrons. The first-order chi connectivity index (χ1) is 5.86. The lowest BCUT2D eigenvalue weighted by Crippen LogP contribution is -2.31. The van der Waals surface area contributed by atoms with Gasteiger partial charge < -0.3 is 10.6 Å². The largest absolute Gasteiger partial charge is 0.355 e. The van der Waals surface area contributed by atoms with E-state index in [-0.39, 0.29) is 11.8 Å². The Morgan fingerprint density at radius 2 is 2.17 bits per heavy atom. The summed E-state index contributed by atoms with van der Waals surface area (Å²) in [6.45, 7) is 2.59. The monoisotopic (exact) mass is 168 g/mol. The minimum absolute atomic E-state index is 0.236. The molecule has 68 valence electrons. The van der Waals surface area contributed by atoms with Crippen molar-refractivity contribution in [2.45, 2.75) is 19.3 Å². The molecule has 3 nitrogen and oxygen atoms in total. The van der Waals surface area contributed by atoms with Crippen LogP contribution in [0.15, 0.2) is 0 Å². The van der Waals surface area contributed by atoms with Crippen molar-refractivity contribution in [3.63, 3.8) is 0 Å². The lowest BCUT2D eigenvalue weighted by atomic mass is 10.0. The van der Waals surface area contributed by atoms with Crippen molar-refractivity contribution < 1.29 is 4.79 Å². The molecule has 2 rings (SSSR count). The number of hydrogen-bond donors (Lipinski definition) is 2. The normalized spacial score (nSPS) is 31.0. The van der Waals surface area contributed by atoms with Crippen LogP contribution in [0, 0.1) is 11.8 Å². The number of hydrogen-bond acceptors (Lipinski definition) is 2. The van der Waals surface area contributed by atoms with E-state index in [0.717, 1.165) is 32.0 Å². The second kappa shape index (κ2) is 3.44. The Bertz CT molecular complexity index is 177. The van der Waals surface area contributed by atoms with Crippen LogP contribution in [0.25, 0.3) is 0 Å². The lowest BCUT2D eigenvalue weighted by molar-refractivity contribution is -0.124. The van der Waals surface area contributed by atoms with Gasteiger partial charge in [0.2, 0.25) is 5.91 Å². The summed E-state index contributed by atoms with van der Waals surface area (Å²) in [5.74, 6) is 1.34. The maximum absolute atomic E-state index is 11.4. The summed E-state index contributed by atoms with van der Waals surface area (Å²) >= 11 is 0. The van der Waals surface area contributed by atoms with E-state index in [1.165, 1.54) is 12.8 Å². The number of nitrogens with one attached hydrogen (secondary N) is 2. The summed E-state index contributed by atoms with van der Waals surface area (Å²) in [4.78, 5) is 11.4. The van der Waals surface area contributed by atoms with E-state index in [4.69, 9.17) is 0 Å². The van der Waals surface area contributed by atoms with Gasteiger partial charge in [-0.25, -0.2) is 0 Å². The van der Waals surface area contributed by atoms with Crippen molar-refractivity contribution in [2.24, 2.45) is 11.8 Å². The van der Waals surface area contributed by atoms with Gasteiger partial charge in [-0.3, -0.25) is 4.79 Å². The van der Waals surface area contributed by atoms with Gasteiger partial charge in [0, 0.05) is 19.6 Å². The Morgan fingerprint density at radius 3 is 2.92 bits per heavy atom. The average molecular weight is 168 g/mol. The standard InChI is InChI=1S/C9H16N2O/c12-9-8(5-7-1-2-7)6-10-3-4-11-9/h7-8,10H,1-6H2,(H,11,12). The predicted octanol–water partition coefficient (Wildman–Crippen LogP) is 0.122. The molecule has 0 aromatic heterocycles. The molecule has 1 saturated carbocycles. The Kier molecular flexibility index (Phi) is 2.30. The Balaban J connectivity index is 1.85. The Hall–Kier alpha value is -0.570. The minimum atomic E-state index is 0.236. The summed E-state index contributed by atoms with van der Waals surface area (Å²) in [6.07, 6.45) is 3.77. The third-order valence-electron chi connectivity index (χ3n) is 2.68. The van der Waals surface area contributed by atoms with Gasteiger partial charge in [0.05, 0.1) is 5.92 Å². The highest BCUT2D eigenvalue weighted by molar-refractivity contribution is 5.79. The molecule has 12 heavy (non-hydrogen) atoms. The van der Waals surface area contributed by atoms with Gasteiger partial charge in [-0.2, -0.15) is 0 Å². The van der Waals surface area contributed by atoms with E-state index in [1.54, 1.807) is 0 Å². The lowest BCUT2D eigenvalue weighted by Gasteiger charge is -2.11. The summed E-state index contributed by atoms with van der Waals surface area (Å²) < 4.78 is 0. The smallest absolute Gasteiger partial charge is 0.224 e. The molecule has 2 fully saturated rings. The van der Waals surface area contributed by atoms with E-state index in [1.807, 2.05) is 0 Å². The van der Waals surface area contributed by atoms with Crippen LogP contribution in [-0.4, -0.2) is 25.5 Å². The van der Waals surface area contributed by atoms with Crippen molar-refractivity contribution in [3.05, 3.63) is 0 Å². The molecule has 1 unspecified atom stereocenters. The van der Waals surface area contributed by atoms with E-state index in [9.17, 15) is 4.79 Å². The zero-order valence-corrected chi connectivity index (χ0v) is 7.31. The van der Waals surface area contributed by atoms with Crippen LogP contribution in [0.1, 0.15) is 19.3 Å². The molecule has 0 spiro atoms. The first kappa shape index (κ1) is 8.05. The molecule has 3 heteroatoms. The van der Waals surface area contributed by atoms with Crippen LogP contribution in [0.2, 0.25) is 0 Å². The molecule has 2 N–H and O–H groups in total. The van der Waals surface area contributed by atoms with Crippen LogP contribution in [0.4, 0.5) is 0 Å². The Morgan fingerprint density at radius 1 is 1.33 bits per heavy atom. The summed E-state index contributed by atoms with van der Waals surface area (Å²) in [5.41, 5.74) is 0. The fourth-order valence-corrected chi connectivity index (χ4v) is 1.73. The Labute approximate surface area is 72.9 Å². The van der Waals surface area contributed by atoms with Gasteiger partial charge in [-0.15, -0.1) is 0 Å². The van der Waals surface area contributed by atoms with Crippen LogP contribution in [0.3, 0.4) is 0 Å². The first-order valence-electron chi connectivity index (χ1n) is 4.84. The predicted molar refractivity (Wildman–Crippen MR) is 46.7 cm³/mol. The molecule has 1 aliphatic heterocycles. The van der Waals surface area contributed by atoms with Crippen molar-refractivity contribution in [1.29, 1.82) is 0 Å². The highest BCUT2D eigenvalue weighted by Gasteiger charge is 2.29. The summed E-state index contributed by atoms with van der Waals surface area (Å²) in [7, 11) is 0. The maximum Gasteiger partial charge on any atom is 0.224 e. The highest BCUT2D eigenvalue weighted by atomic mass is 16.1. The zero-order valence-electron chi connectivity index (χ0n) is 7.31. The molecule has 0 aromatic carbocycles. The molecule has 1 heterocycles. The van der Waals surface area contributed by atoms with Gasteiger partial charge in [-0.05, 0) is 12.3 Å². The van der Waals surface area contributed by atoms with Gasteiger partial charge in [0.1, 0.15) is 0 Å². The fourth-order valence-electron chi connectivity index (χ4n) is 1.73. The zero-order chi connectivity index (χ0) is 8.39. The maximum atomic E-state index is 11.4. The third kappa shape index (κ3) is 1.97. The van der Waals surface area contributed by atoms with Crippen LogP contribution >= 0.6 is 0 Å². The SMILES string of the molecule is O=C1NCCNCC1CC1CC1. The second-order valence-electron chi connectivity index (χ2n) is 3.87. The summed E-state index contributed by atoms with van der Waals surface area (Å²) in [5, 5.41) is 6.20. The number of rotatable bonds is 2. The van der Waals surface area contributed by atoms with Crippen LogP contribution in [0.5, 0.6) is 0 Å². The average Bonchev–Trinajstić information content (AvgIpc) is 2.84. The van der Waals surface area contributed by atoms with Crippen molar-refractivity contribution in [2.75, 3.05) is 19.6 Å². The molecular formula is C9H16N2O. The molecular weight excluding hydrogens is 152 g/mol. The molecule has 1 amide bonds. The van der Waals surface area contributed by atoms with E-state index in [0.29, 0.717) is 0 Å². The van der Waals surface area contributed by atoms with Crippen LogP contribution < -0.4 is 10.6 Å². The molecule has 1 aliphatic carbocycles. The minimum Gasteiger partial charge on any atom is -0.355 e. The molecule has 0 bridgehead atoms. The van der Waals surface area contributed by atoms with Gasteiger partial charge in [0.25, 0.3) is 0 Å².